The van der Waals surface area contributed by atoms with Crippen LogP contribution in [0.25, 0.3) is 11.1 Å². The van der Waals surface area contributed by atoms with Crippen LogP contribution < -0.4 is 5.32 Å². The second-order valence-electron chi connectivity index (χ2n) is 12.3. The molecule has 1 amide bonds. The van der Waals surface area contributed by atoms with Crippen LogP contribution in [-0.2, 0) is 37.0 Å². The number of nitrogens with one attached hydrogen (secondary N) is 1. The van der Waals surface area contributed by atoms with Gasteiger partial charge in [0, 0.05) is 51.1 Å². The van der Waals surface area contributed by atoms with E-state index in [-0.39, 0.29) is 31.1 Å². The zero-order chi connectivity index (χ0) is 32.3. The van der Waals surface area contributed by atoms with Gasteiger partial charge < -0.3 is 29.7 Å². The molecule has 4 unspecified atom stereocenters. The van der Waals surface area contributed by atoms with Crippen molar-refractivity contribution in [3.8, 4) is 11.1 Å². The number of hydrogen-bond acceptors (Lipinski definition) is 7. The van der Waals surface area contributed by atoms with Crippen LogP contribution in [0.5, 0.6) is 0 Å². The summed E-state index contributed by atoms with van der Waals surface area (Å²) in [7, 11) is 1.76. The first-order valence-corrected chi connectivity index (χ1v) is 16.3. The van der Waals surface area contributed by atoms with Crippen LogP contribution in [-0.4, -0.2) is 65.9 Å². The molecule has 46 heavy (non-hydrogen) atoms. The topological polar surface area (TPSA) is 118 Å². The first-order chi connectivity index (χ1) is 22.4. The lowest BCUT2D eigenvalue weighted by Gasteiger charge is -2.39. The Morgan fingerprint density at radius 3 is 2.46 bits per heavy atom. The largest absolute Gasteiger partial charge is 0.481 e. The van der Waals surface area contributed by atoms with Gasteiger partial charge >= 0.3 is 5.97 Å². The molecule has 9 heteroatoms. The van der Waals surface area contributed by atoms with E-state index < -0.39 is 12.3 Å². The Kier molecular flexibility index (Phi) is 12.3. The number of carboxylic acid groups (broad SMARTS) is 1. The van der Waals surface area contributed by atoms with Gasteiger partial charge in [0.2, 0.25) is 5.91 Å². The maximum Gasteiger partial charge on any atom is 0.303 e. The van der Waals surface area contributed by atoms with Gasteiger partial charge in [-0.15, -0.1) is 0 Å². The fourth-order valence-electron chi connectivity index (χ4n) is 6.39. The molecule has 0 aromatic heterocycles. The maximum absolute atomic E-state index is 12.3. The fourth-order valence-corrected chi connectivity index (χ4v) is 6.39. The second kappa shape index (κ2) is 16.8. The fraction of sp³-hybridized carbons (Fsp3) is 0.459. The van der Waals surface area contributed by atoms with Gasteiger partial charge in [0.05, 0.1) is 25.4 Å². The predicted octanol–water partition coefficient (Wildman–Crippen LogP) is 5.76. The zero-order valence-corrected chi connectivity index (χ0v) is 26.6. The van der Waals surface area contributed by atoms with E-state index in [0.717, 1.165) is 72.3 Å². The molecule has 246 valence electrons. The molecular weight excluding hydrogens is 584 g/mol. The summed E-state index contributed by atoms with van der Waals surface area (Å²) in [6.45, 7) is 2.97. The van der Waals surface area contributed by atoms with E-state index in [2.05, 4.69) is 34.5 Å². The number of nitrogens with zero attached hydrogens (tertiary/aromatic N) is 1. The van der Waals surface area contributed by atoms with Gasteiger partial charge in [0.1, 0.15) is 0 Å². The van der Waals surface area contributed by atoms with E-state index in [1.165, 1.54) is 0 Å². The molecule has 9 nitrogen and oxygen atoms in total. The lowest BCUT2D eigenvalue weighted by atomic mass is 9.98. The monoisotopic (exact) mass is 630 g/mol. The summed E-state index contributed by atoms with van der Waals surface area (Å²) in [4.78, 5) is 25.5. The summed E-state index contributed by atoms with van der Waals surface area (Å²) in [5, 5.41) is 21.3. The Balaban J connectivity index is 1.29. The van der Waals surface area contributed by atoms with Gasteiger partial charge in [-0.2, -0.15) is 0 Å². The minimum atomic E-state index is -0.839. The zero-order valence-electron chi connectivity index (χ0n) is 26.6. The number of likely N-dealkylation sites (tertiary alicyclic amines) is 1. The van der Waals surface area contributed by atoms with Crippen LogP contribution >= 0.6 is 0 Å². The minimum Gasteiger partial charge on any atom is -0.481 e. The number of carboxylic acids is 1. The Morgan fingerprint density at radius 1 is 0.935 bits per heavy atom. The molecule has 3 aromatic carbocycles. The average Bonchev–Trinajstić information content (AvgIpc) is 3.52. The third kappa shape index (κ3) is 9.47. The molecule has 2 saturated heterocycles. The number of aliphatic carboxylic acids is 1. The summed E-state index contributed by atoms with van der Waals surface area (Å²) in [5.41, 5.74) is 5.91. The molecule has 5 rings (SSSR count). The molecule has 0 bridgehead atoms. The Bertz CT molecular complexity index is 1430. The van der Waals surface area contributed by atoms with Crippen LogP contribution in [0, 0.1) is 0 Å². The lowest BCUT2D eigenvalue weighted by Crippen LogP contribution is -2.42. The molecule has 2 heterocycles. The number of methoxy groups -OCH3 is 1. The average molecular weight is 631 g/mol. The van der Waals surface area contributed by atoms with Crippen molar-refractivity contribution in [3.63, 3.8) is 0 Å². The van der Waals surface area contributed by atoms with E-state index in [1.54, 1.807) is 7.11 Å². The number of hydrogen-bond donors (Lipinski definition) is 3. The molecule has 3 aromatic rings. The highest BCUT2D eigenvalue weighted by Gasteiger charge is 2.35. The number of ether oxygens (including phenoxy) is 3. The van der Waals surface area contributed by atoms with Crippen LogP contribution in [0.15, 0.2) is 72.8 Å². The number of carbonyl (C=O) groups is 2. The Morgan fingerprint density at radius 2 is 1.70 bits per heavy atom. The maximum atomic E-state index is 12.3. The van der Waals surface area contributed by atoms with Crippen molar-refractivity contribution in [1.29, 1.82) is 0 Å². The van der Waals surface area contributed by atoms with Gasteiger partial charge in [-0.3, -0.25) is 14.5 Å². The van der Waals surface area contributed by atoms with Crippen LogP contribution in [0.4, 0.5) is 0 Å². The van der Waals surface area contributed by atoms with E-state index in [1.807, 2.05) is 48.5 Å². The van der Waals surface area contributed by atoms with E-state index >= 15 is 0 Å². The minimum absolute atomic E-state index is 0.00493. The molecule has 3 N–H and O–H groups in total. The summed E-state index contributed by atoms with van der Waals surface area (Å²) in [6.07, 6.45) is 3.73. The van der Waals surface area contributed by atoms with Crippen molar-refractivity contribution < 1.29 is 34.0 Å². The first kappa shape index (κ1) is 33.8. The van der Waals surface area contributed by atoms with Gasteiger partial charge in [-0.05, 0) is 72.2 Å². The van der Waals surface area contributed by atoms with Gasteiger partial charge in [0.15, 0.2) is 6.29 Å². The third-order valence-electron chi connectivity index (χ3n) is 8.86. The number of carbonyl (C=O) groups excluding carboxylic acids is 1. The first-order valence-electron chi connectivity index (χ1n) is 16.3. The molecular formula is C37H46N2O7. The molecule has 2 fully saturated rings. The number of aliphatic hydroxyl groups excluding tert-OH is 1. The summed E-state index contributed by atoms with van der Waals surface area (Å²) in [6, 6.07) is 24.7. The van der Waals surface area contributed by atoms with E-state index in [4.69, 9.17) is 19.3 Å². The molecule has 2 aliphatic rings. The van der Waals surface area contributed by atoms with Crippen molar-refractivity contribution in [2.24, 2.45) is 0 Å². The Hall–Kier alpha value is -3.60. The number of amides is 1. The smallest absolute Gasteiger partial charge is 0.303 e. The number of unbranched alkanes of at least 4 members (excludes halogenated alkanes) is 1. The van der Waals surface area contributed by atoms with Crippen LogP contribution in [0.2, 0.25) is 0 Å². The molecule has 0 spiro atoms. The number of rotatable bonds is 15. The van der Waals surface area contributed by atoms with Crippen LogP contribution in [0.3, 0.4) is 0 Å². The SMILES string of the molecule is COCC1CCCN1CC1CC(c2ccc(CO)cc2)OC(c2cccc(-c3cccc(CNC(=O)CCCCC(=O)O)c3)c2)O1. The highest BCUT2D eigenvalue weighted by Crippen LogP contribution is 2.39. The van der Waals surface area contributed by atoms with Gasteiger partial charge in [-0.1, -0.05) is 60.7 Å². The number of benzene rings is 3. The van der Waals surface area contributed by atoms with Gasteiger partial charge in [-0.25, -0.2) is 0 Å². The molecule has 4 atom stereocenters. The second-order valence-corrected chi connectivity index (χ2v) is 12.3. The summed E-state index contributed by atoms with van der Waals surface area (Å²) < 4.78 is 18.8. The third-order valence-corrected chi connectivity index (χ3v) is 8.86. The summed E-state index contributed by atoms with van der Waals surface area (Å²) >= 11 is 0. The summed E-state index contributed by atoms with van der Waals surface area (Å²) in [5.74, 6) is -0.920. The van der Waals surface area contributed by atoms with E-state index in [0.29, 0.717) is 31.8 Å². The highest BCUT2D eigenvalue weighted by atomic mass is 16.7. The van der Waals surface area contributed by atoms with Crippen molar-refractivity contribution >= 4 is 11.9 Å². The van der Waals surface area contributed by atoms with Crippen molar-refractivity contribution in [2.45, 2.75) is 82.6 Å². The van der Waals surface area contributed by atoms with Crippen molar-refractivity contribution in [2.75, 3.05) is 26.8 Å². The Labute approximate surface area is 271 Å². The number of aliphatic hydroxyl groups is 1. The molecule has 0 radical (unpaired) electrons. The quantitative estimate of drug-likeness (QED) is 0.182. The predicted molar refractivity (Wildman–Crippen MR) is 175 cm³/mol. The van der Waals surface area contributed by atoms with Crippen molar-refractivity contribution in [1.82, 2.24) is 10.2 Å². The normalized spacial score (nSPS) is 21.7. The van der Waals surface area contributed by atoms with Crippen molar-refractivity contribution in [3.05, 3.63) is 95.1 Å². The standard InChI is InChI=1S/C37H46N2O7/c1-44-25-32-11-6-18-39(32)23-33-21-34(28-16-14-26(24-40)15-17-28)46-37(45-33)31-10-5-9-30(20-31)29-8-4-7-27(19-29)22-38-35(41)12-2-3-13-36(42)43/h4-5,7-10,14-17,19-20,32-34,37,40H,2-3,6,11-13,18,21-25H2,1H3,(H,38,41)(H,42,43). The van der Waals surface area contributed by atoms with Gasteiger partial charge in [0.25, 0.3) is 0 Å². The van der Waals surface area contributed by atoms with Crippen LogP contribution in [0.1, 0.15) is 79.6 Å². The molecule has 0 saturated carbocycles. The molecule has 0 aliphatic carbocycles. The molecule has 2 aliphatic heterocycles. The van der Waals surface area contributed by atoms with E-state index in [9.17, 15) is 14.7 Å². The highest BCUT2D eigenvalue weighted by molar-refractivity contribution is 5.76. The lowest BCUT2D eigenvalue weighted by molar-refractivity contribution is -0.253.